The zero-order valence-electron chi connectivity index (χ0n) is 10.8. The molecule has 4 nitrogen and oxygen atoms in total. The first-order valence-corrected chi connectivity index (χ1v) is 6.32. The first-order chi connectivity index (χ1) is 9.75. The molecule has 0 spiro atoms. The van der Waals surface area contributed by atoms with Crippen molar-refractivity contribution in [3.63, 3.8) is 0 Å². The molecule has 0 bridgehead atoms. The Balaban J connectivity index is 1.95. The summed E-state index contributed by atoms with van der Waals surface area (Å²) >= 11 is 0. The summed E-state index contributed by atoms with van der Waals surface area (Å²) in [4.78, 5) is 14.5. The van der Waals surface area contributed by atoms with Crippen molar-refractivity contribution in [3.8, 4) is 5.75 Å². The van der Waals surface area contributed by atoms with Crippen molar-refractivity contribution in [3.05, 3.63) is 65.9 Å². The SMILES string of the molecule is NC(=O)c1c[nH]c2cccc(OCc3ccccc3)c12. The van der Waals surface area contributed by atoms with Crippen LogP contribution < -0.4 is 10.5 Å². The minimum Gasteiger partial charge on any atom is -0.488 e. The molecule has 3 aromatic rings. The lowest BCUT2D eigenvalue weighted by molar-refractivity contribution is 0.100. The highest BCUT2D eigenvalue weighted by Gasteiger charge is 2.13. The number of carbonyl (C=O) groups excluding carboxylic acids is 1. The van der Waals surface area contributed by atoms with Crippen LogP contribution in [0, 0.1) is 0 Å². The van der Waals surface area contributed by atoms with Crippen LogP contribution >= 0.6 is 0 Å². The molecule has 0 atom stereocenters. The first-order valence-electron chi connectivity index (χ1n) is 6.32. The van der Waals surface area contributed by atoms with Crippen molar-refractivity contribution in [1.29, 1.82) is 0 Å². The quantitative estimate of drug-likeness (QED) is 0.762. The van der Waals surface area contributed by atoms with Crippen LogP contribution in [0.15, 0.2) is 54.7 Å². The summed E-state index contributed by atoms with van der Waals surface area (Å²) in [6, 6.07) is 15.5. The zero-order chi connectivity index (χ0) is 13.9. The number of nitrogens with one attached hydrogen (secondary N) is 1. The fourth-order valence-corrected chi connectivity index (χ4v) is 2.20. The number of aromatic amines is 1. The molecule has 0 aliphatic heterocycles. The highest BCUT2D eigenvalue weighted by molar-refractivity contribution is 6.08. The standard InChI is InChI=1S/C16H14N2O2/c17-16(19)12-9-18-13-7-4-8-14(15(12)13)20-10-11-5-2-1-3-6-11/h1-9,18H,10H2,(H2,17,19). The van der Waals surface area contributed by atoms with Gasteiger partial charge in [-0.25, -0.2) is 0 Å². The molecule has 1 amide bonds. The van der Waals surface area contributed by atoms with Crippen LogP contribution in [0.25, 0.3) is 10.9 Å². The monoisotopic (exact) mass is 266 g/mol. The first kappa shape index (κ1) is 12.3. The maximum absolute atomic E-state index is 11.4. The molecule has 3 rings (SSSR count). The van der Waals surface area contributed by atoms with E-state index in [1.54, 1.807) is 6.20 Å². The minimum absolute atomic E-state index is 0.448. The Labute approximate surface area is 116 Å². The van der Waals surface area contributed by atoms with Crippen molar-refractivity contribution in [2.75, 3.05) is 0 Å². The largest absolute Gasteiger partial charge is 0.488 e. The molecular weight excluding hydrogens is 252 g/mol. The fourth-order valence-electron chi connectivity index (χ4n) is 2.20. The molecule has 4 heteroatoms. The van der Waals surface area contributed by atoms with E-state index in [-0.39, 0.29) is 0 Å². The molecule has 0 saturated carbocycles. The van der Waals surface area contributed by atoms with E-state index in [0.717, 1.165) is 16.5 Å². The Morgan fingerprint density at radius 1 is 1.10 bits per heavy atom. The number of benzene rings is 2. The second-order valence-corrected chi connectivity index (χ2v) is 4.52. The van der Waals surface area contributed by atoms with Crippen LogP contribution in [0.3, 0.4) is 0 Å². The summed E-state index contributed by atoms with van der Waals surface area (Å²) in [5, 5.41) is 0.732. The maximum atomic E-state index is 11.4. The van der Waals surface area contributed by atoms with Gasteiger partial charge in [-0.1, -0.05) is 36.4 Å². The molecule has 0 unspecified atom stereocenters. The van der Waals surface area contributed by atoms with Gasteiger partial charge < -0.3 is 15.5 Å². The third kappa shape index (κ3) is 2.23. The van der Waals surface area contributed by atoms with Crippen LogP contribution in [0.1, 0.15) is 15.9 Å². The summed E-state index contributed by atoms with van der Waals surface area (Å²) in [6.07, 6.45) is 1.61. The number of ether oxygens (including phenoxy) is 1. The summed E-state index contributed by atoms with van der Waals surface area (Å²) in [5.74, 6) is 0.188. The van der Waals surface area contributed by atoms with Gasteiger partial charge in [0, 0.05) is 11.7 Å². The van der Waals surface area contributed by atoms with E-state index >= 15 is 0 Å². The van der Waals surface area contributed by atoms with Gasteiger partial charge in [0.15, 0.2) is 0 Å². The number of hydrogen-bond donors (Lipinski definition) is 2. The number of rotatable bonds is 4. The number of primary amides is 1. The molecule has 2 aromatic carbocycles. The molecule has 20 heavy (non-hydrogen) atoms. The number of hydrogen-bond acceptors (Lipinski definition) is 2. The molecule has 0 radical (unpaired) electrons. The van der Waals surface area contributed by atoms with E-state index in [2.05, 4.69) is 4.98 Å². The summed E-state index contributed by atoms with van der Waals surface area (Å²) < 4.78 is 5.83. The Morgan fingerprint density at radius 3 is 2.65 bits per heavy atom. The number of nitrogens with two attached hydrogens (primary N) is 1. The fraction of sp³-hybridized carbons (Fsp3) is 0.0625. The topological polar surface area (TPSA) is 68.1 Å². The molecule has 0 saturated heterocycles. The van der Waals surface area contributed by atoms with Crippen LogP contribution in [-0.4, -0.2) is 10.9 Å². The third-order valence-electron chi connectivity index (χ3n) is 3.17. The zero-order valence-corrected chi connectivity index (χ0v) is 10.8. The van der Waals surface area contributed by atoms with E-state index in [1.165, 1.54) is 0 Å². The van der Waals surface area contributed by atoms with Gasteiger partial charge in [0.1, 0.15) is 12.4 Å². The number of carbonyl (C=O) groups is 1. The van der Waals surface area contributed by atoms with E-state index in [0.29, 0.717) is 17.9 Å². The second-order valence-electron chi connectivity index (χ2n) is 4.52. The summed E-state index contributed by atoms with van der Waals surface area (Å²) in [7, 11) is 0. The summed E-state index contributed by atoms with van der Waals surface area (Å²) in [5.41, 5.74) is 7.74. The smallest absolute Gasteiger partial charge is 0.251 e. The van der Waals surface area contributed by atoms with Crippen LogP contribution in [0.2, 0.25) is 0 Å². The third-order valence-corrected chi connectivity index (χ3v) is 3.17. The number of aromatic nitrogens is 1. The molecule has 0 aliphatic rings. The van der Waals surface area contributed by atoms with Crippen molar-refractivity contribution < 1.29 is 9.53 Å². The predicted octanol–water partition coefficient (Wildman–Crippen LogP) is 2.85. The van der Waals surface area contributed by atoms with Crippen LogP contribution in [-0.2, 0) is 6.61 Å². The van der Waals surface area contributed by atoms with Gasteiger partial charge in [-0.2, -0.15) is 0 Å². The van der Waals surface area contributed by atoms with E-state index < -0.39 is 5.91 Å². The highest BCUT2D eigenvalue weighted by Crippen LogP contribution is 2.29. The van der Waals surface area contributed by atoms with Crippen molar-refractivity contribution >= 4 is 16.8 Å². The van der Waals surface area contributed by atoms with Gasteiger partial charge in [-0.05, 0) is 17.7 Å². The molecule has 100 valence electrons. The van der Waals surface area contributed by atoms with Gasteiger partial charge in [0.2, 0.25) is 0 Å². The normalized spacial score (nSPS) is 10.6. The van der Waals surface area contributed by atoms with Crippen LogP contribution in [0.5, 0.6) is 5.75 Å². The van der Waals surface area contributed by atoms with E-state index in [9.17, 15) is 4.79 Å². The lowest BCUT2D eigenvalue weighted by Gasteiger charge is -2.08. The highest BCUT2D eigenvalue weighted by atomic mass is 16.5. The second kappa shape index (κ2) is 5.09. The Morgan fingerprint density at radius 2 is 1.90 bits per heavy atom. The maximum Gasteiger partial charge on any atom is 0.251 e. The molecular formula is C16H14N2O2. The number of amides is 1. The lowest BCUT2D eigenvalue weighted by Crippen LogP contribution is -2.10. The Bertz CT molecular complexity index is 748. The van der Waals surface area contributed by atoms with Crippen molar-refractivity contribution in [2.24, 2.45) is 5.73 Å². The predicted molar refractivity (Wildman–Crippen MR) is 77.6 cm³/mol. The van der Waals surface area contributed by atoms with Crippen molar-refractivity contribution in [2.45, 2.75) is 6.61 Å². The summed E-state index contributed by atoms with van der Waals surface area (Å²) in [6.45, 7) is 0.448. The molecule has 3 N–H and O–H groups in total. The van der Waals surface area contributed by atoms with E-state index in [4.69, 9.17) is 10.5 Å². The van der Waals surface area contributed by atoms with Gasteiger partial charge >= 0.3 is 0 Å². The Kier molecular flexibility index (Phi) is 3.13. The lowest BCUT2D eigenvalue weighted by atomic mass is 10.1. The molecule has 0 fully saturated rings. The average Bonchev–Trinajstić information content (AvgIpc) is 2.91. The number of fused-ring (bicyclic) bond motifs is 1. The average molecular weight is 266 g/mol. The molecule has 1 heterocycles. The van der Waals surface area contributed by atoms with Crippen molar-refractivity contribution in [1.82, 2.24) is 4.98 Å². The molecule has 1 aromatic heterocycles. The van der Waals surface area contributed by atoms with Gasteiger partial charge in [-0.3, -0.25) is 4.79 Å². The van der Waals surface area contributed by atoms with Gasteiger partial charge in [-0.15, -0.1) is 0 Å². The van der Waals surface area contributed by atoms with E-state index in [1.807, 2.05) is 48.5 Å². The number of H-pyrrole nitrogens is 1. The Hall–Kier alpha value is -2.75. The minimum atomic E-state index is -0.466. The molecule has 0 aliphatic carbocycles. The van der Waals surface area contributed by atoms with Crippen LogP contribution in [0.4, 0.5) is 0 Å². The van der Waals surface area contributed by atoms with Gasteiger partial charge in [0.25, 0.3) is 5.91 Å². The van der Waals surface area contributed by atoms with Gasteiger partial charge in [0.05, 0.1) is 10.9 Å².